The van der Waals surface area contributed by atoms with Gasteiger partial charge in [0.05, 0.1) is 10.6 Å². The van der Waals surface area contributed by atoms with Crippen LogP contribution in [-0.2, 0) is 26.2 Å². The Kier molecular flexibility index (Phi) is 9.56. The molecule has 0 saturated heterocycles. The van der Waals surface area contributed by atoms with Gasteiger partial charge < -0.3 is 10.2 Å². The second kappa shape index (κ2) is 12.5. The summed E-state index contributed by atoms with van der Waals surface area (Å²) in [7, 11) is -4.08. The lowest BCUT2D eigenvalue weighted by Gasteiger charge is -2.35. The fourth-order valence-corrected chi connectivity index (χ4v) is 5.92. The second-order valence-electron chi connectivity index (χ2n) is 10.7. The lowest BCUT2D eigenvalue weighted by atomic mass is 10.0. The molecule has 7 nitrogen and oxygen atoms in total. The molecule has 3 aromatic carbocycles. The third kappa shape index (κ3) is 7.47. The highest BCUT2D eigenvalue weighted by Gasteiger charge is 2.35. The molecule has 0 radical (unpaired) electrons. The average Bonchev–Trinajstić information content (AvgIpc) is 2.88. The Hall–Kier alpha value is -3.65. The first-order chi connectivity index (χ1) is 18.3. The van der Waals surface area contributed by atoms with Gasteiger partial charge in [-0.25, -0.2) is 8.42 Å². The van der Waals surface area contributed by atoms with Crippen molar-refractivity contribution in [2.75, 3.05) is 10.8 Å². The van der Waals surface area contributed by atoms with Gasteiger partial charge in [-0.15, -0.1) is 0 Å². The van der Waals surface area contributed by atoms with Crippen LogP contribution in [-0.4, -0.2) is 43.3 Å². The molecule has 0 aromatic heterocycles. The number of nitrogens with one attached hydrogen (secondary N) is 1. The van der Waals surface area contributed by atoms with Gasteiger partial charge in [0.1, 0.15) is 12.6 Å². The number of nitrogens with zero attached hydrogens (tertiary/aromatic N) is 2. The highest BCUT2D eigenvalue weighted by atomic mass is 32.2. The summed E-state index contributed by atoms with van der Waals surface area (Å²) >= 11 is 0. The molecule has 0 bridgehead atoms. The molecular formula is C31H39N3O4S. The van der Waals surface area contributed by atoms with E-state index in [4.69, 9.17) is 0 Å². The van der Waals surface area contributed by atoms with E-state index in [1.807, 2.05) is 77.9 Å². The van der Waals surface area contributed by atoms with Gasteiger partial charge in [0, 0.05) is 12.1 Å². The molecule has 0 fully saturated rings. The van der Waals surface area contributed by atoms with Crippen molar-refractivity contribution >= 4 is 27.5 Å². The normalized spacial score (nSPS) is 12.5. The van der Waals surface area contributed by atoms with Crippen LogP contribution in [0.15, 0.2) is 83.8 Å². The maximum Gasteiger partial charge on any atom is 0.264 e. The van der Waals surface area contributed by atoms with Crippen LogP contribution in [0.4, 0.5) is 5.69 Å². The van der Waals surface area contributed by atoms with Crippen molar-refractivity contribution in [3.05, 3.63) is 95.6 Å². The smallest absolute Gasteiger partial charge is 0.264 e. The topological polar surface area (TPSA) is 86.8 Å². The van der Waals surface area contributed by atoms with E-state index >= 15 is 0 Å². The van der Waals surface area contributed by atoms with E-state index in [-0.39, 0.29) is 17.3 Å². The first kappa shape index (κ1) is 29.9. The minimum atomic E-state index is -4.08. The standard InChI is InChI=1S/C31H39N3O4S/c1-7-27(30(36)32-31(4,5)6)33(21-25-17-13-11-15-23(25)2)29(35)22-34(28-20-14-12-16-24(28)3)39(37,38)26-18-9-8-10-19-26/h8-20,27H,7,21-22H2,1-6H3,(H,32,36)/t27-/m0/s1. The number of carbonyl (C=O) groups is 2. The fourth-order valence-electron chi connectivity index (χ4n) is 4.42. The average molecular weight is 550 g/mol. The predicted molar refractivity (Wildman–Crippen MR) is 156 cm³/mol. The Labute approximate surface area is 232 Å². The van der Waals surface area contributed by atoms with Crippen molar-refractivity contribution in [1.29, 1.82) is 0 Å². The van der Waals surface area contributed by atoms with E-state index in [0.717, 1.165) is 15.4 Å². The Balaban J connectivity index is 2.09. The first-order valence-corrected chi connectivity index (χ1v) is 14.6. The minimum absolute atomic E-state index is 0.0871. The van der Waals surface area contributed by atoms with Crippen molar-refractivity contribution in [3.63, 3.8) is 0 Å². The van der Waals surface area contributed by atoms with Crippen LogP contribution in [0.5, 0.6) is 0 Å². The van der Waals surface area contributed by atoms with Crippen LogP contribution in [0, 0.1) is 13.8 Å². The minimum Gasteiger partial charge on any atom is -0.350 e. The Morgan fingerprint density at radius 3 is 1.97 bits per heavy atom. The number of amides is 2. The molecule has 0 aliphatic carbocycles. The molecule has 0 unspecified atom stereocenters. The molecule has 2 amide bonds. The van der Waals surface area contributed by atoms with Gasteiger partial charge in [-0.2, -0.15) is 0 Å². The Morgan fingerprint density at radius 1 is 0.846 bits per heavy atom. The van der Waals surface area contributed by atoms with Crippen molar-refractivity contribution in [1.82, 2.24) is 10.2 Å². The molecule has 0 spiro atoms. The fraction of sp³-hybridized carbons (Fsp3) is 0.355. The van der Waals surface area contributed by atoms with Crippen LogP contribution < -0.4 is 9.62 Å². The number of benzene rings is 3. The molecule has 3 rings (SSSR count). The molecule has 0 aliphatic heterocycles. The zero-order valence-corrected chi connectivity index (χ0v) is 24.5. The van der Waals surface area contributed by atoms with E-state index in [0.29, 0.717) is 17.7 Å². The van der Waals surface area contributed by atoms with E-state index < -0.39 is 34.1 Å². The first-order valence-electron chi connectivity index (χ1n) is 13.1. The maximum atomic E-state index is 14.1. The molecule has 1 N–H and O–H groups in total. The van der Waals surface area contributed by atoms with Crippen LogP contribution in [0.3, 0.4) is 0 Å². The summed E-state index contributed by atoms with van der Waals surface area (Å²) in [5, 5.41) is 2.99. The second-order valence-corrected chi connectivity index (χ2v) is 12.6. The van der Waals surface area contributed by atoms with E-state index in [1.54, 1.807) is 30.3 Å². The maximum absolute atomic E-state index is 14.1. The molecule has 1 atom stereocenters. The van der Waals surface area contributed by atoms with E-state index in [2.05, 4.69) is 5.32 Å². The lowest BCUT2D eigenvalue weighted by Crippen LogP contribution is -2.55. The summed E-state index contributed by atoms with van der Waals surface area (Å²) in [5.41, 5.74) is 2.51. The summed E-state index contributed by atoms with van der Waals surface area (Å²) < 4.78 is 28.9. The van der Waals surface area contributed by atoms with Gasteiger partial charge in [-0.3, -0.25) is 13.9 Å². The van der Waals surface area contributed by atoms with Gasteiger partial charge in [0.25, 0.3) is 10.0 Å². The summed E-state index contributed by atoms with van der Waals surface area (Å²) in [6.07, 6.45) is 0.370. The summed E-state index contributed by atoms with van der Waals surface area (Å²) in [6.45, 7) is 11.0. The number of aryl methyl sites for hydroxylation is 2. The molecule has 0 saturated carbocycles. The van der Waals surface area contributed by atoms with E-state index in [9.17, 15) is 18.0 Å². The number of carbonyl (C=O) groups excluding carboxylic acids is 2. The molecule has 3 aromatic rings. The van der Waals surface area contributed by atoms with Crippen LogP contribution in [0.2, 0.25) is 0 Å². The third-order valence-corrected chi connectivity index (χ3v) is 8.25. The Morgan fingerprint density at radius 2 is 1.41 bits per heavy atom. The van der Waals surface area contributed by atoms with Crippen molar-refractivity contribution in [3.8, 4) is 0 Å². The molecule has 39 heavy (non-hydrogen) atoms. The molecular weight excluding hydrogens is 510 g/mol. The molecule has 0 aliphatic rings. The lowest BCUT2D eigenvalue weighted by molar-refractivity contribution is -0.141. The quantitative estimate of drug-likeness (QED) is 0.376. The highest BCUT2D eigenvalue weighted by molar-refractivity contribution is 7.92. The molecule has 8 heteroatoms. The summed E-state index contributed by atoms with van der Waals surface area (Å²) in [6, 6.07) is 22.0. The van der Waals surface area contributed by atoms with Gasteiger partial charge in [0.15, 0.2) is 0 Å². The van der Waals surface area contributed by atoms with Crippen LogP contribution in [0.25, 0.3) is 0 Å². The van der Waals surface area contributed by atoms with Gasteiger partial charge in [0.2, 0.25) is 11.8 Å². The number of rotatable bonds is 10. The van der Waals surface area contributed by atoms with Crippen LogP contribution >= 0.6 is 0 Å². The number of hydrogen-bond acceptors (Lipinski definition) is 4. The summed E-state index contributed by atoms with van der Waals surface area (Å²) in [5.74, 6) is -0.739. The molecule has 208 valence electrons. The third-order valence-electron chi connectivity index (χ3n) is 6.48. The van der Waals surface area contributed by atoms with E-state index in [1.165, 1.54) is 17.0 Å². The SMILES string of the molecule is CC[C@@H](C(=O)NC(C)(C)C)N(Cc1ccccc1C)C(=O)CN(c1ccccc1C)S(=O)(=O)c1ccccc1. The van der Waals surface area contributed by atoms with Crippen molar-refractivity contribution in [2.45, 2.75) is 71.0 Å². The number of anilines is 1. The number of para-hydroxylation sites is 1. The monoisotopic (exact) mass is 549 g/mol. The largest absolute Gasteiger partial charge is 0.350 e. The number of sulfonamides is 1. The zero-order valence-electron chi connectivity index (χ0n) is 23.6. The predicted octanol–water partition coefficient (Wildman–Crippen LogP) is 5.22. The Bertz CT molecular complexity index is 1400. The van der Waals surface area contributed by atoms with Crippen molar-refractivity contribution < 1.29 is 18.0 Å². The highest BCUT2D eigenvalue weighted by Crippen LogP contribution is 2.27. The van der Waals surface area contributed by atoms with Gasteiger partial charge in [-0.05, 0) is 75.9 Å². The van der Waals surface area contributed by atoms with Crippen LogP contribution in [0.1, 0.15) is 50.8 Å². The summed E-state index contributed by atoms with van der Waals surface area (Å²) in [4.78, 5) is 29.1. The number of hydrogen-bond donors (Lipinski definition) is 1. The van der Waals surface area contributed by atoms with Gasteiger partial charge >= 0.3 is 0 Å². The molecule has 0 heterocycles. The van der Waals surface area contributed by atoms with Gasteiger partial charge in [-0.1, -0.05) is 67.6 Å². The van der Waals surface area contributed by atoms with Crippen molar-refractivity contribution in [2.24, 2.45) is 0 Å². The zero-order chi connectivity index (χ0) is 28.8.